The van der Waals surface area contributed by atoms with Gasteiger partial charge in [-0.15, -0.1) is 5.10 Å². The molecule has 0 saturated carbocycles. The van der Waals surface area contributed by atoms with Crippen LogP contribution < -0.4 is 16.0 Å². The van der Waals surface area contributed by atoms with Crippen molar-refractivity contribution in [3.63, 3.8) is 0 Å². The number of nitrogens with one attached hydrogen (secondary N) is 1. The minimum atomic E-state index is 0.0589. The summed E-state index contributed by atoms with van der Waals surface area (Å²) in [7, 11) is 0. The van der Waals surface area contributed by atoms with Crippen molar-refractivity contribution >= 4 is 11.9 Å². The third-order valence-electron chi connectivity index (χ3n) is 3.66. The average molecular weight is 251 g/mol. The van der Waals surface area contributed by atoms with Gasteiger partial charge in [0.25, 0.3) is 0 Å². The number of carbonyl (C=O) groups is 1. The summed E-state index contributed by atoms with van der Waals surface area (Å²) in [6, 6.07) is 0.669. The lowest BCUT2D eigenvalue weighted by Crippen LogP contribution is -2.45. The molecule has 1 aromatic heterocycles. The molecule has 3 heterocycles. The summed E-state index contributed by atoms with van der Waals surface area (Å²) in [5.74, 6) is 0.766. The Kier molecular flexibility index (Phi) is 2.91. The maximum atomic E-state index is 11.7. The minimum Gasteiger partial charge on any atom is -0.408 e. The number of hydrogen-bond acceptors (Lipinski definition) is 6. The van der Waals surface area contributed by atoms with Gasteiger partial charge in [0.05, 0.1) is 12.0 Å². The van der Waals surface area contributed by atoms with Crippen LogP contribution >= 0.6 is 0 Å². The van der Waals surface area contributed by atoms with Crippen LogP contribution in [0.4, 0.5) is 6.01 Å². The molecule has 1 aromatic rings. The second-order valence-electron chi connectivity index (χ2n) is 4.77. The van der Waals surface area contributed by atoms with Gasteiger partial charge in [0, 0.05) is 26.1 Å². The lowest BCUT2D eigenvalue weighted by Gasteiger charge is -2.34. The molecular weight excluding hydrogens is 234 g/mol. The fourth-order valence-electron chi connectivity index (χ4n) is 2.77. The van der Waals surface area contributed by atoms with Crippen LogP contribution in [0.2, 0.25) is 0 Å². The lowest BCUT2D eigenvalue weighted by molar-refractivity contribution is -0.123. The number of nitrogens with zero attached hydrogens (tertiary/aromatic N) is 3. The van der Waals surface area contributed by atoms with E-state index in [1.807, 2.05) is 0 Å². The summed E-state index contributed by atoms with van der Waals surface area (Å²) in [5, 5.41) is 10.9. The van der Waals surface area contributed by atoms with E-state index in [-0.39, 0.29) is 17.9 Å². The highest BCUT2D eigenvalue weighted by atomic mass is 16.4. The average Bonchev–Trinajstić information content (AvgIpc) is 2.98. The highest BCUT2D eigenvalue weighted by molar-refractivity contribution is 5.82. The smallest absolute Gasteiger partial charge is 0.318 e. The van der Waals surface area contributed by atoms with Crippen LogP contribution in [0.3, 0.4) is 0 Å². The van der Waals surface area contributed by atoms with Crippen molar-refractivity contribution in [3.05, 3.63) is 5.89 Å². The third-order valence-corrected chi connectivity index (χ3v) is 3.66. The summed E-state index contributed by atoms with van der Waals surface area (Å²) in [6.45, 7) is 2.02. The zero-order valence-electron chi connectivity index (χ0n) is 10.1. The molecule has 2 unspecified atom stereocenters. The van der Waals surface area contributed by atoms with Crippen molar-refractivity contribution in [2.75, 3.05) is 24.5 Å². The summed E-state index contributed by atoms with van der Waals surface area (Å²) >= 11 is 0. The molecule has 1 amide bonds. The number of fused-ring (bicyclic) bond motifs is 1. The minimum absolute atomic E-state index is 0.0589. The Labute approximate surface area is 105 Å². The molecule has 98 valence electrons. The maximum absolute atomic E-state index is 11.7. The molecule has 2 saturated heterocycles. The van der Waals surface area contributed by atoms with Gasteiger partial charge in [-0.25, -0.2) is 0 Å². The number of amides is 1. The van der Waals surface area contributed by atoms with E-state index in [0.717, 1.165) is 19.4 Å². The van der Waals surface area contributed by atoms with Gasteiger partial charge in [0.2, 0.25) is 11.8 Å². The number of rotatable bonds is 3. The van der Waals surface area contributed by atoms with Crippen molar-refractivity contribution in [3.8, 4) is 0 Å². The number of hydrogen-bond donors (Lipinski definition) is 2. The first-order valence-corrected chi connectivity index (χ1v) is 6.36. The molecule has 2 aliphatic rings. The Morgan fingerprint density at radius 1 is 1.50 bits per heavy atom. The maximum Gasteiger partial charge on any atom is 0.318 e. The van der Waals surface area contributed by atoms with E-state index in [4.69, 9.17) is 10.2 Å². The molecular formula is C11H17N5O2. The van der Waals surface area contributed by atoms with Crippen molar-refractivity contribution < 1.29 is 9.21 Å². The summed E-state index contributed by atoms with van der Waals surface area (Å²) in [6.07, 6.45) is 2.51. The number of nitrogens with two attached hydrogens (primary N) is 1. The van der Waals surface area contributed by atoms with Crippen LogP contribution in [-0.2, 0) is 11.2 Å². The number of piperidine rings is 1. The summed E-state index contributed by atoms with van der Waals surface area (Å²) in [5.41, 5.74) is 5.46. The van der Waals surface area contributed by atoms with Crippen LogP contribution in [0.1, 0.15) is 18.7 Å². The topological polar surface area (TPSA) is 97.3 Å². The Bertz CT molecular complexity index is 446. The molecule has 2 aliphatic heterocycles. The molecule has 0 aliphatic carbocycles. The monoisotopic (exact) mass is 251 g/mol. The molecule has 3 N–H and O–H groups in total. The summed E-state index contributed by atoms with van der Waals surface area (Å²) < 4.78 is 5.59. The highest BCUT2D eigenvalue weighted by Crippen LogP contribution is 2.30. The first-order chi connectivity index (χ1) is 8.79. The van der Waals surface area contributed by atoms with Gasteiger partial charge in [0.15, 0.2) is 0 Å². The second kappa shape index (κ2) is 4.56. The highest BCUT2D eigenvalue weighted by Gasteiger charge is 2.42. The van der Waals surface area contributed by atoms with E-state index in [1.54, 1.807) is 0 Å². The molecule has 0 radical (unpaired) electrons. The van der Waals surface area contributed by atoms with Crippen molar-refractivity contribution in [2.45, 2.75) is 25.3 Å². The van der Waals surface area contributed by atoms with Crippen LogP contribution in [0.25, 0.3) is 0 Å². The van der Waals surface area contributed by atoms with Crippen LogP contribution in [0.5, 0.6) is 0 Å². The van der Waals surface area contributed by atoms with Crippen LogP contribution in [0, 0.1) is 5.92 Å². The third kappa shape index (κ3) is 1.84. The fourth-order valence-corrected chi connectivity index (χ4v) is 2.77. The lowest BCUT2D eigenvalue weighted by atomic mass is 9.92. The number of anilines is 1. The van der Waals surface area contributed by atoms with E-state index in [0.29, 0.717) is 31.4 Å². The van der Waals surface area contributed by atoms with Crippen molar-refractivity contribution in [1.82, 2.24) is 15.5 Å². The van der Waals surface area contributed by atoms with Crippen LogP contribution in [-0.4, -0.2) is 41.8 Å². The van der Waals surface area contributed by atoms with Gasteiger partial charge in [-0.05, 0) is 12.8 Å². The quantitative estimate of drug-likeness (QED) is 0.736. The molecule has 18 heavy (non-hydrogen) atoms. The fraction of sp³-hybridized carbons (Fsp3) is 0.727. The first kappa shape index (κ1) is 11.5. The van der Waals surface area contributed by atoms with Gasteiger partial charge < -0.3 is 20.4 Å². The Balaban J connectivity index is 1.79. The Hall–Kier alpha value is -1.63. The SMILES string of the molecule is NCCc1nnc(N2CCCC3C(=O)NCC32)o1. The number of aromatic nitrogens is 2. The van der Waals surface area contributed by atoms with E-state index in [2.05, 4.69) is 20.4 Å². The van der Waals surface area contributed by atoms with Gasteiger partial charge >= 0.3 is 6.01 Å². The molecule has 2 fully saturated rings. The predicted molar refractivity (Wildman–Crippen MR) is 63.9 cm³/mol. The normalized spacial score (nSPS) is 27.2. The first-order valence-electron chi connectivity index (χ1n) is 6.36. The molecule has 0 bridgehead atoms. The van der Waals surface area contributed by atoms with Crippen molar-refractivity contribution in [1.29, 1.82) is 0 Å². The van der Waals surface area contributed by atoms with E-state index >= 15 is 0 Å². The Morgan fingerprint density at radius 3 is 3.22 bits per heavy atom. The second-order valence-corrected chi connectivity index (χ2v) is 4.77. The van der Waals surface area contributed by atoms with E-state index in [9.17, 15) is 4.79 Å². The van der Waals surface area contributed by atoms with Gasteiger partial charge in [-0.2, -0.15) is 0 Å². The number of carbonyl (C=O) groups excluding carboxylic acids is 1. The zero-order valence-corrected chi connectivity index (χ0v) is 10.1. The zero-order chi connectivity index (χ0) is 12.5. The summed E-state index contributed by atoms with van der Waals surface area (Å²) in [4.78, 5) is 13.7. The molecule has 0 spiro atoms. The molecule has 7 heteroatoms. The molecule has 0 aromatic carbocycles. The molecule has 3 rings (SSSR count). The molecule has 2 atom stereocenters. The van der Waals surface area contributed by atoms with E-state index < -0.39 is 0 Å². The Morgan fingerprint density at radius 2 is 2.39 bits per heavy atom. The van der Waals surface area contributed by atoms with Crippen LogP contribution in [0.15, 0.2) is 4.42 Å². The van der Waals surface area contributed by atoms with Gasteiger partial charge in [-0.1, -0.05) is 5.10 Å². The van der Waals surface area contributed by atoms with E-state index in [1.165, 1.54) is 0 Å². The molecule has 7 nitrogen and oxygen atoms in total. The standard InChI is InChI=1S/C11H17N5O2/c12-4-3-9-14-15-11(18-9)16-5-1-2-7-8(16)6-13-10(7)17/h7-8H,1-6,12H2,(H,13,17). The largest absolute Gasteiger partial charge is 0.408 e. The van der Waals surface area contributed by atoms with Gasteiger partial charge in [-0.3, -0.25) is 4.79 Å². The van der Waals surface area contributed by atoms with Gasteiger partial charge in [0.1, 0.15) is 0 Å². The predicted octanol–water partition coefficient (Wildman–Crippen LogP) is -0.714. The van der Waals surface area contributed by atoms with Crippen molar-refractivity contribution in [2.24, 2.45) is 11.7 Å².